The summed E-state index contributed by atoms with van der Waals surface area (Å²) >= 11 is 1.71. The zero-order valence-corrected chi connectivity index (χ0v) is 21.7. The average molecular weight is 499 g/mol. The molecule has 7 heteroatoms. The molecular formula is C29H30N4O2S. The van der Waals surface area contributed by atoms with Crippen LogP contribution in [-0.2, 0) is 17.8 Å². The summed E-state index contributed by atoms with van der Waals surface area (Å²) in [6, 6.07) is 14.6. The van der Waals surface area contributed by atoms with Gasteiger partial charge in [-0.3, -0.25) is 9.79 Å². The van der Waals surface area contributed by atoms with Crippen molar-refractivity contribution in [2.75, 3.05) is 13.6 Å². The second kappa shape index (κ2) is 11.3. The van der Waals surface area contributed by atoms with E-state index in [9.17, 15) is 9.90 Å². The Hall–Kier alpha value is -3.84. The lowest BCUT2D eigenvalue weighted by molar-refractivity contribution is -0.136. The van der Waals surface area contributed by atoms with E-state index in [2.05, 4.69) is 45.9 Å². The van der Waals surface area contributed by atoms with Crippen molar-refractivity contribution in [2.45, 2.75) is 33.2 Å². The van der Waals surface area contributed by atoms with Gasteiger partial charge in [-0.1, -0.05) is 42.0 Å². The van der Waals surface area contributed by atoms with Gasteiger partial charge in [0.15, 0.2) is 0 Å². The van der Waals surface area contributed by atoms with Gasteiger partial charge in [-0.25, -0.2) is 9.98 Å². The van der Waals surface area contributed by atoms with E-state index in [1.807, 2.05) is 44.2 Å². The standard InChI is InChI=1S/C29H30N4O2S/c1-19(2)23(17-30-3)21(16-28(34)35)12-13-27(31-4)33-15-14-20-8-7-9-22(24(20)18-33)29-32-25-10-5-6-11-26(25)36-29/h5-13,17H,4,14-16,18H2,1-3H3,(H,34,35)/b21-12+,27-13+,30-17?. The molecule has 0 amide bonds. The lowest BCUT2D eigenvalue weighted by Crippen LogP contribution is -2.29. The number of para-hydroxylation sites is 1. The van der Waals surface area contributed by atoms with Crippen LogP contribution in [0.2, 0.25) is 0 Å². The molecule has 0 aliphatic carbocycles. The number of aromatic nitrogens is 1. The normalized spacial score (nSPS) is 14.2. The topological polar surface area (TPSA) is 78.1 Å². The van der Waals surface area contributed by atoms with E-state index in [1.54, 1.807) is 24.6 Å². The maximum atomic E-state index is 11.6. The molecule has 0 spiro atoms. The van der Waals surface area contributed by atoms with E-state index in [4.69, 9.17) is 4.98 Å². The first-order chi connectivity index (χ1) is 17.4. The maximum absolute atomic E-state index is 11.6. The smallest absolute Gasteiger partial charge is 0.307 e. The van der Waals surface area contributed by atoms with E-state index >= 15 is 0 Å². The Labute approximate surface area is 215 Å². The van der Waals surface area contributed by atoms with Crippen LogP contribution in [0.3, 0.4) is 0 Å². The number of aliphatic carboxylic acids is 1. The molecule has 0 bridgehead atoms. The third kappa shape index (κ3) is 5.52. The van der Waals surface area contributed by atoms with Crippen LogP contribution in [0.4, 0.5) is 0 Å². The number of nitrogens with zero attached hydrogens (tertiary/aromatic N) is 4. The zero-order valence-electron chi connectivity index (χ0n) is 20.9. The summed E-state index contributed by atoms with van der Waals surface area (Å²) in [5.41, 5.74) is 7.23. The van der Waals surface area contributed by atoms with Crippen LogP contribution in [0.5, 0.6) is 0 Å². The molecule has 0 unspecified atom stereocenters. The highest BCUT2D eigenvalue weighted by Gasteiger charge is 2.22. The molecule has 0 radical (unpaired) electrons. The van der Waals surface area contributed by atoms with Crippen molar-refractivity contribution in [1.29, 1.82) is 0 Å². The lowest BCUT2D eigenvalue weighted by atomic mass is 9.95. The molecule has 0 saturated heterocycles. The van der Waals surface area contributed by atoms with Gasteiger partial charge < -0.3 is 10.0 Å². The molecule has 6 nitrogen and oxygen atoms in total. The van der Waals surface area contributed by atoms with Crippen molar-refractivity contribution in [3.05, 3.63) is 88.3 Å². The van der Waals surface area contributed by atoms with E-state index < -0.39 is 5.97 Å². The van der Waals surface area contributed by atoms with Gasteiger partial charge in [0.1, 0.15) is 10.8 Å². The highest BCUT2D eigenvalue weighted by Crippen LogP contribution is 2.36. The first kappa shape index (κ1) is 25.3. The second-order valence-corrected chi connectivity index (χ2v) is 9.88. The summed E-state index contributed by atoms with van der Waals surface area (Å²) in [6.45, 7) is 9.19. The fraction of sp³-hybridized carbons (Fsp3) is 0.241. The van der Waals surface area contributed by atoms with Crippen molar-refractivity contribution in [3.8, 4) is 10.6 Å². The number of hydrogen-bond acceptors (Lipinski definition) is 6. The second-order valence-electron chi connectivity index (χ2n) is 8.85. The van der Waals surface area contributed by atoms with Crippen molar-refractivity contribution in [2.24, 2.45) is 9.98 Å². The zero-order chi connectivity index (χ0) is 25.7. The molecule has 4 rings (SSSR count). The number of rotatable bonds is 8. The minimum absolute atomic E-state index is 0.0992. The predicted molar refractivity (Wildman–Crippen MR) is 150 cm³/mol. The summed E-state index contributed by atoms with van der Waals surface area (Å²) in [4.78, 5) is 27.1. The largest absolute Gasteiger partial charge is 0.481 e. The van der Waals surface area contributed by atoms with Crippen LogP contribution in [0.25, 0.3) is 20.8 Å². The van der Waals surface area contributed by atoms with E-state index in [0.29, 0.717) is 17.9 Å². The van der Waals surface area contributed by atoms with Crippen LogP contribution < -0.4 is 0 Å². The quantitative estimate of drug-likeness (QED) is 0.292. The fourth-order valence-electron chi connectivity index (χ4n) is 4.47. The SMILES string of the molecule is C=N/C(=C\C=C(/CC(=O)O)C(C=NC)=C(C)C)N1CCc2cccc(-c3nc4ccccc4s3)c2C1. The number of hydrogen-bond donors (Lipinski definition) is 1. The van der Waals surface area contributed by atoms with Crippen molar-refractivity contribution in [3.63, 3.8) is 0 Å². The van der Waals surface area contributed by atoms with Crippen LogP contribution in [0.15, 0.2) is 87.1 Å². The van der Waals surface area contributed by atoms with E-state index in [-0.39, 0.29) is 6.42 Å². The summed E-state index contributed by atoms with van der Waals surface area (Å²) < 4.78 is 1.17. The third-order valence-corrected chi connectivity index (χ3v) is 7.27. The molecule has 1 aliphatic heterocycles. The molecule has 1 N–H and O–H groups in total. The van der Waals surface area contributed by atoms with Crippen molar-refractivity contribution < 1.29 is 9.90 Å². The number of carboxylic acid groups (broad SMARTS) is 1. The highest BCUT2D eigenvalue weighted by atomic mass is 32.1. The molecule has 36 heavy (non-hydrogen) atoms. The lowest BCUT2D eigenvalue weighted by Gasteiger charge is -2.31. The van der Waals surface area contributed by atoms with Gasteiger partial charge in [0.2, 0.25) is 0 Å². The van der Waals surface area contributed by atoms with E-state index in [0.717, 1.165) is 40.2 Å². The number of carbonyl (C=O) groups is 1. The fourth-order valence-corrected chi connectivity index (χ4v) is 5.48. The summed E-state index contributed by atoms with van der Waals surface area (Å²) in [5, 5.41) is 10.5. The van der Waals surface area contributed by atoms with Crippen molar-refractivity contribution >= 4 is 40.5 Å². The molecule has 1 aromatic heterocycles. The summed E-state index contributed by atoms with van der Waals surface area (Å²) in [5.74, 6) is -0.178. The molecule has 1 aliphatic rings. The number of allylic oxidation sites excluding steroid dienone is 4. The third-order valence-electron chi connectivity index (χ3n) is 6.20. The molecule has 0 atom stereocenters. The van der Waals surface area contributed by atoms with Gasteiger partial charge in [-0.15, -0.1) is 11.3 Å². The Balaban J connectivity index is 1.69. The number of carboxylic acids is 1. The molecule has 3 aromatic rings. The molecular weight excluding hydrogens is 468 g/mol. The van der Waals surface area contributed by atoms with Crippen LogP contribution >= 0.6 is 11.3 Å². The Kier molecular flexibility index (Phi) is 7.90. The monoisotopic (exact) mass is 498 g/mol. The van der Waals surface area contributed by atoms with Gasteiger partial charge in [0.05, 0.1) is 16.6 Å². The first-order valence-electron chi connectivity index (χ1n) is 11.8. The molecule has 184 valence electrons. The van der Waals surface area contributed by atoms with Crippen LogP contribution in [-0.4, -0.2) is 47.5 Å². The van der Waals surface area contributed by atoms with Gasteiger partial charge >= 0.3 is 5.97 Å². The molecule has 0 saturated carbocycles. The average Bonchev–Trinajstić information content (AvgIpc) is 3.30. The van der Waals surface area contributed by atoms with Crippen molar-refractivity contribution in [1.82, 2.24) is 9.88 Å². The Morgan fingerprint density at radius 2 is 2.00 bits per heavy atom. The van der Waals surface area contributed by atoms with Crippen LogP contribution in [0, 0.1) is 0 Å². The van der Waals surface area contributed by atoms with Gasteiger partial charge in [0.25, 0.3) is 0 Å². The number of fused-ring (bicyclic) bond motifs is 2. The summed E-state index contributed by atoms with van der Waals surface area (Å²) in [6.07, 6.45) is 6.19. The Bertz CT molecular complexity index is 1390. The van der Waals surface area contributed by atoms with Gasteiger partial charge in [0, 0.05) is 31.9 Å². The molecule has 0 fully saturated rings. The minimum atomic E-state index is -0.890. The number of aliphatic imine (C=N–C) groups is 2. The Morgan fingerprint density at radius 1 is 1.19 bits per heavy atom. The molecule has 2 aromatic carbocycles. The minimum Gasteiger partial charge on any atom is -0.481 e. The van der Waals surface area contributed by atoms with Gasteiger partial charge in [-0.05, 0) is 67.5 Å². The number of benzene rings is 2. The first-order valence-corrected chi connectivity index (χ1v) is 12.6. The molecule has 2 heterocycles. The highest BCUT2D eigenvalue weighted by molar-refractivity contribution is 7.21. The summed E-state index contributed by atoms with van der Waals surface area (Å²) in [7, 11) is 1.68. The Morgan fingerprint density at radius 3 is 2.69 bits per heavy atom. The number of thiazole rings is 1. The van der Waals surface area contributed by atoms with E-state index in [1.165, 1.54) is 15.8 Å². The predicted octanol–water partition coefficient (Wildman–Crippen LogP) is 6.30. The van der Waals surface area contributed by atoms with Gasteiger partial charge in [-0.2, -0.15) is 0 Å². The van der Waals surface area contributed by atoms with Crippen LogP contribution in [0.1, 0.15) is 31.4 Å². The maximum Gasteiger partial charge on any atom is 0.307 e.